The molecule has 0 amide bonds. The fraction of sp³-hybridized carbons (Fsp3) is 0.111. The minimum atomic E-state index is -4.67. The Labute approximate surface area is 141 Å². The Morgan fingerprint density at radius 2 is 1.88 bits per heavy atom. The van der Waals surface area contributed by atoms with Crippen LogP contribution in [0.4, 0.5) is 19.0 Å². The molecule has 25 heavy (non-hydrogen) atoms. The third kappa shape index (κ3) is 3.63. The molecule has 0 spiro atoms. The van der Waals surface area contributed by atoms with Crippen LogP contribution in [0.15, 0.2) is 59.2 Å². The summed E-state index contributed by atoms with van der Waals surface area (Å²) >= 11 is 0. The van der Waals surface area contributed by atoms with Gasteiger partial charge in [0, 0.05) is 5.56 Å². The first-order valence-corrected chi connectivity index (χ1v) is 7.33. The summed E-state index contributed by atoms with van der Waals surface area (Å²) in [4.78, 5) is 4.21. The number of rotatable bonds is 4. The third-order valence-electron chi connectivity index (χ3n) is 3.52. The molecule has 0 fully saturated rings. The van der Waals surface area contributed by atoms with Crippen LogP contribution in [0.3, 0.4) is 0 Å². The van der Waals surface area contributed by atoms with Gasteiger partial charge in [-0.3, -0.25) is 0 Å². The highest BCUT2D eigenvalue weighted by molar-refractivity contribution is 5.68. The Balaban J connectivity index is 2.09. The lowest BCUT2D eigenvalue weighted by Crippen LogP contribution is -2.13. The zero-order valence-electron chi connectivity index (χ0n) is 12.8. The van der Waals surface area contributed by atoms with E-state index in [1.807, 2.05) is 0 Å². The number of alkyl halides is 3. The number of halogens is 3. The molecule has 7 heteroatoms. The van der Waals surface area contributed by atoms with Crippen LogP contribution in [-0.4, -0.2) is 4.98 Å². The second kappa shape index (κ2) is 6.69. The molecular weight excluding hydrogens is 331 g/mol. The van der Waals surface area contributed by atoms with E-state index in [0.717, 1.165) is 6.07 Å². The molecule has 0 saturated carbocycles. The molecule has 0 aliphatic rings. The van der Waals surface area contributed by atoms with Gasteiger partial charge in [-0.1, -0.05) is 30.3 Å². The molecule has 3 rings (SSSR count). The second-order valence-corrected chi connectivity index (χ2v) is 5.19. The van der Waals surface area contributed by atoms with Crippen molar-refractivity contribution < 1.29 is 17.6 Å². The average molecular weight is 343 g/mol. The highest BCUT2D eigenvalue weighted by Crippen LogP contribution is 2.36. The highest BCUT2D eigenvalue weighted by atomic mass is 19.4. The van der Waals surface area contributed by atoms with E-state index < -0.39 is 17.3 Å². The van der Waals surface area contributed by atoms with Gasteiger partial charge in [0.25, 0.3) is 0 Å². The minimum absolute atomic E-state index is 0.115. The zero-order chi connectivity index (χ0) is 17.9. The number of anilines is 1. The van der Waals surface area contributed by atoms with E-state index in [1.165, 1.54) is 6.26 Å². The molecule has 0 unspecified atom stereocenters. The first kappa shape index (κ1) is 16.6. The summed E-state index contributed by atoms with van der Waals surface area (Å²) in [5.74, 6) is 0.386. The van der Waals surface area contributed by atoms with Gasteiger partial charge in [-0.25, -0.2) is 4.98 Å². The maximum atomic E-state index is 13.4. The largest absolute Gasteiger partial charge is 0.467 e. The second-order valence-electron chi connectivity index (χ2n) is 5.19. The van der Waals surface area contributed by atoms with Crippen molar-refractivity contribution in [3.63, 3.8) is 0 Å². The summed E-state index contributed by atoms with van der Waals surface area (Å²) in [6.45, 7) is 0.115. The van der Waals surface area contributed by atoms with Crippen molar-refractivity contribution in [3.05, 3.63) is 71.7 Å². The van der Waals surface area contributed by atoms with Gasteiger partial charge >= 0.3 is 6.18 Å². The van der Waals surface area contributed by atoms with Crippen LogP contribution in [-0.2, 0) is 12.7 Å². The van der Waals surface area contributed by atoms with E-state index in [-0.39, 0.29) is 18.1 Å². The van der Waals surface area contributed by atoms with Crippen molar-refractivity contribution in [1.82, 2.24) is 4.98 Å². The van der Waals surface area contributed by atoms with Gasteiger partial charge in [-0.2, -0.15) is 18.4 Å². The predicted octanol–water partition coefficient (Wildman–Crippen LogP) is 4.84. The maximum Gasteiger partial charge on any atom is 0.417 e. The van der Waals surface area contributed by atoms with Crippen LogP contribution in [0.1, 0.15) is 16.9 Å². The molecule has 0 radical (unpaired) electrons. The van der Waals surface area contributed by atoms with Gasteiger partial charge in [0.1, 0.15) is 23.2 Å². The standard InChI is InChI=1S/C18H12F3N3O/c19-18(20,21)15-9-16(12-5-2-1-3-6-12)24-17(14(15)10-22)23-11-13-7-4-8-25-13/h1-9H,11H2,(H,23,24). The fourth-order valence-corrected chi connectivity index (χ4v) is 2.35. The Morgan fingerprint density at radius 1 is 1.12 bits per heavy atom. The SMILES string of the molecule is N#Cc1c(C(F)(F)F)cc(-c2ccccc2)nc1NCc1ccco1. The summed E-state index contributed by atoms with van der Waals surface area (Å²) in [7, 11) is 0. The van der Waals surface area contributed by atoms with E-state index in [2.05, 4.69) is 10.3 Å². The van der Waals surface area contributed by atoms with Crippen LogP contribution in [0.25, 0.3) is 11.3 Å². The van der Waals surface area contributed by atoms with Gasteiger partial charge in [0.05, 0.1) is 24.1 Å². The van der Waals surface area contributed by atoms with E-state index in [4.69, 9.17) is 4.42 Å². The number of benzene rings is 1. The Hall–Kier alpha value is -3.27. The van der Waals surface area contributed by atoms with Crippen molar-refractivity contribution in [2.24, 2.45) is 0 Å². The highest BCUT2D eigenvalue weighted by Gasteiger charge is 2.36. The average Bonchev–Trinajstić information content (AvgIpc) is 3.12. The van der Waals surface area contributed by atoms with Crippen molar-refractivity contribution in [2.75, 3.05) is 5.32 Å². The summed E-state index contributed by atoms with van der Waals surface area (Å²) in [5, 5.41) is 12.0. The number of nitrogens with one attached hydrogen (secondary N) is 1. The van der Waals surface area contributed by atoms with Crippen LogP contribution < -0.4 is 5.32 Å². The van der Waals surface area contributed by atoms with Crippen LogP contribution in [0.5, 0.6) is 0 Å². The van der Waals surface area contributed by atoms with Gasteiger partial charge in [0.2, 0.25) is 0 Å². The lowest BCUT2D eigenvalue weighted by atomic mass is 10.0. The minimum Gasteiger partial charge on any atom is -0.467 e. The molecule has 2 aromatic heterocycles. The maximum absolute atomic E-state index is 13.4. The number of aromatic nitrogens is 1. The van der Waals surface area contributed by atoms with Crippen molar-refractivity contribution >= 4 is 5.82 Å². The Kier molecular flexibility index (Phi) is 4.44. The Bertz CT molecular complexity index is 898. The fourth-order valence-electron chi connectivity index (χ4n) is 2.35. The number of nitrogens with zero attached hydrogens (tertiary/aromatic N) is 2. The quantitative estimate of drug-likeness (QED) is 0.736. The number of pyridine rings is 1. The summed E-state index contributed by atoms with van der Waals surface area (Å²) in [6.07, 6.45) is -3.21. The summed E-state index contributed by atoms with van der Waals surface area (Å²) < 4.78 is 45.3. The zero-order valence-corrected chi connectivity index (χ0v) is 12.8. The molecule has 126 valence electrons. The third-order valence-corrected chi connectivity index (χ3v) is 3.52. The van der Waals surface area contributed by atoms with E-state index in [1.54, 1.807) is 48.5 Å². The normalized spacial score (nSPS) is 11.1. The summed E-state index contributed by atoms with van der Waals surface area (Å²) in [6, 6.07) is 14.3. The van der Waals surface area contributed by atoms with Crippen molar-refractivity contribution in [2.45, 2.75) is 12.7 Å². The van der Waals surface area contributed by atoms with Gasteiger partial charge < -0.3 is 9.73 Å². The molecule has 4 nitrogen and oxygen atoms in total. The molecule has 0 saturated heterocycles. The van der Waals surface area contributed by atoms with Crippen LogP contribution in [0, 0.1) is 11.3 Å². The van der Waals surface area contributed by atoms with Gasteiger partial charge in [-0.15, -0.1) is 0 Å². The monoisotopic (exact) mass is 343 g/mol. The number of furan rings is 1. The van der Waals surface area contributed by atoms with E-state index in [0.29, 0.717) is 11.3 Å². The molecule has 3 aromatic rings. The molecule has 1 N–H and O–H groups in total. The number of nitriles is 1. The molecule has 0 aliphatic heterocycles. The van der Waals surface area contributed by atoms with Crippen molar-refractivity contribution in [3.8, 4) is 17.3 Å². The number of hydrogen-bond acceptors (Lipinski definition) is 4. The predicted molar refractivity (Wildman–Crippen MR) is 85.4 cm³/mol. The molecular formula is C18H12F3N3O. The van der Waals surface area contributed by atoms with Gasteiger partial charge in [0.15, 0.2) is 0 Å². The van der Waals surface area contributed by atoms with Crippen molar-refractivity contribution in [1.29, 1.82) is 5.26 Å². The summed E-state index contributed by atoms with van der Waals surface area (Å²) in [5.41, 5.74) is -0.906. The lowest BCUT2D eigenvalue weighted by molar-refractivity contribution is -0.137. The smallest absolute Gasteiger partial charge is 0.417 e. The first-order valence-electron chi connectivity index (χ1n) is 7.33. The Morgan fingerprint density at radius 3 is 2.48 bits per heavy atom. The first-order chi connectivity index (χ1) is 12.0. The van der Waals surface area contributed by atoms with Gasteiger partial charge in [-0.05, 0) is 18.2 Å². The molecule has 2 heterocycles. The van der Waals surface area contributed by atoms with Crippen LogP contribution in [0.2, 0.25) is 0 Å². The molecule has 0 aliphatic carbocycles. The van der Waals surface area contributed by atoms with Crippen LogP contribution >= 0.6 is 0 Å². The number of hydrogen-bond donors (Lipinski definition) is 1. The molecule has 0 bridgehead atoms. The lowest BCUT2D eigenvalue weighted by Gasteiger charge is -2.15. The molecule has 1 aromatic carbocycles. The molecule has 0 atom stereocenters. The topological polar surface area (TPSA) is 61.9 Å². The van der Waals surface area contributed by atoms with E-state index >= 15 is 0 Å². The van der Waals surface area contributed by atoms with E-state index in [9.17, 15) is 18.4 Å².